The van der Waals surface area contributed by atoms with Gasteiger partial charge in [0.25, 0.3) is 0 Å². The van der Waals surface area contributed by atoms with Crippen molar-refractivity contribution in [2.45, 2.75) is 2.69 Å². The van der Waals surface area contributed by atoms with Crippen LogP contribution in [0.5, 0.6) is 0 Å². The monoisotopic (exact) mass is 294 g/mol. The van der Waals surface area contributed by atoms with Gasteiger partial charge in [-0.2, -0.15) is 13.5 Å². The highest BCUT2D eigenvalue weighted by molar-refractivity contribution is 9.27. The predicted octanol–water partition coefficient (Wildman–Crippen LogP) is 1.36. The van der Waals surface area contributed by atoms with E-state index >= 15 is 0 Å². The molecule has 0 spiro atoms. The van der Waals surface area contributed by atoms with E-state index in [9.17, 15) is 8.42 Å². The molecular weight excluding hydrogens is 292 g/mol. The topological polar surface area (TPSA) is 79.1 Å². The molecule has 0 radical (unpaired) electrons. The van der Waals surface area contributed by atoms with E-state index in [1.54, 1.807) is 0 Å². The number of azo groups is 1. The van der Waals surface area contributed by atoms with Gasteiger partial charge in [0, 0.05) is 7.05 Å². The number of hydrogen-bond donors (Lipinski definition) is 1. The average molecular weight is 296 g/mol. The molecule has 0 aromatic rings. The number of hydrogen-bond acceptors (Lipinski definition) is 4. The van der Waals surface area contributed by atoms with Gasteiger partial charge in [0.05, 0.1) is 0 Å². The zero-order valence-electron chi connectivity index (χ0n) is 4.82. The fraction of sp³-hybridized carbons (Fsp3) is 1.00. The smallest absolute Gasteiger partial charge is 0.282 e. The van der Waals surface area contributed by atoms with Gasteiger partial charge in [0.1, 0.15) is 0 Å². The summed E-state index contributed by atoms with van der Waals surface area (Å²) in [6, 6.07) is 0. The van der Waals surface area contributed by atoms with Gasteiger partial charge in [-0.05, 0) is 31.9 Å². The fourth-order valence-corrected chi connectivity index (χ4v) is 0.670. The van der Waals surface area contributed by atoms with Crippen molar-refractivity contribution in [3.05, 3.63) is 0 Å². The summed E-state index contributed by atoms with van der Waals surface area (Å²) in [6.07, 6.45) is 0. The predicted molar refractivity (Wildman–Crippen MR) is 42.9 cm³/mol. The molecule has 0 saturated heterocycles. The molecule has 0 aromatic heterocycles. The van der Waals surface area contributed by atoms with Crippen molar-refractivity contribution >= 4 is 42.0 Å². The zero-order valence-corrected chi connectivity index (χ0v) is 8.81. The Morgan fingerprint density at radius 1 is 1.50 bits per heavy atom. The SMILES string of the molecule is CN=NC(Br)(Br)S(=O)(=O)O. The number of nitrogens with zero attached hydrogens (tertiary/aromatic N) is 2. The molecule has 0 aliphatic heterocycles. The maximum atomic E-state index is 10.4. The highest BCUT2D eigenvalue weighted by atomic mass is 79.9. The van der Waals surface area contributed by atoms with E-state index in [2.05, 4.69) is 42.1 Å². The van der Waals surface area contributed by atoms with Gasteiger partial charge in [-0.3, -0.25) is 4.55 Å². The molecule has 0 aromatic carbocycles. The Balaban J connectivity index is 4.76. The van der Waals surface area contributed by atoms with Crippen LogP contribution >= 0.6 is 31.9 Å². The summed E-state index contributed by atoms with van der Waals surface area (Å²) in [5.41, 5.74) is 0. The van der Waals surface area contributed by atoms with E-state index in [1.807, 2.05) is 0 Å². The third-order valence-corrected chi connectivity index (χ3v) is 4.00. The van der Waals surface area contributed by atoms with E-state index in [0.717, 1.165) is 0 Å². The lowest BCUT2D eigenvalue weighted by Gasteiger charge is -2.07. The Kier molecular flexibility index (Phi) is 3.40. The van der Waals surface area contributed by atoms with Crippen molar-refractivity contribution in [3.63, 3.8) is 0 Å². The van der Waals surface area contributed by atoms with E-state index in [0.29, 0.717) is 0 Å². The van der Waals surface area contributed by atoms with Gasteiger partial charge >= 0.3 is 12.8 Å². The first kappa shape index (κ1) is 10.5. The third-order valence-electron chi connectivity index (χ3n) is 0.527. The molecule has 0 atom stereocenters. The minimum absolute atomic E-state index is 1.28. The van der Waals surface area contributed by atoms with Gasteiger partial charge in [0.2, 0.25) is 0 Å². The molecule has 0 aliphatic carbocycles. The number of rotatable bonds is 2. The van der Waals surface area contributed by atoms with Crippen molar-refractivity contribution in [1.82, 2.24) is 0 Å². The van der Waals surface area contributed by atoms with Crippen LogP contribution in [0.4, 0.5) is 0 Å². The lowest BCUT2D eigenvalue weighted by molar-refractivity contribution is 0.477. The highest BCUT2D eigenvalue weighted by Crippen LogP contribution is 2.33. The Labute approximate surface area is 74.9 Å². The first-order valence-electron chi connectivity index (χ1n) is 1.97. The minimum atomic E-state index is -4.29. The van der Waals surface area contributed by atoms with Crippen LogP contribution in [-0.4, -0.2) is 22.7 Å². The van der Waals surface area contributed by atoms with Crippen LogP contribution in [-0.2, 0) is 10.1 Å². The Bertz CT molecular complexity index is 233. The van der Waals surface area contributed by atoms with Gasteiger partial charge < -0.3 is 0 Å². The molecule has 0 heterocycles. The summed E-state index contributed by atoms with van der Waals surface area (Å²) < 4.78 is 27.2. The number of halogens is 2. The second kappa shape index (κ2) is 3.24. The van der Waals surface area contributed by atoms with Gasteiger partial charge in [0.15, 0.2) is 0 Å². The van der Waals surface area contributed by atoms with E-state index in [-0.39, 0.29) is 0 Å². The van der Waals surface area contributed by atoms with E-state index in [4.69, 9.17) is 4.55 Å². The third kappa shape index (κ3) is 2.60. The molecule has 0 unspecified atom stereocenters. The largest absolute Gasteiger partial charge is 0.314 e. The van der Waals surface area contributed by atoms with Crippen LogP contribution < -0.4 is 0 Å². The molecule has 0 rings (SSSR count). The normalized spacial score (nSPS) is 14.4. The molecular formula is C2H4Br2N2O3S. The summed E-state index contributed by atoms with van der Waals surface area (Å²) in [7, 11) is -3.01. The molecule has 0 amide bonds. The van der Waals surface area contributed by atoms with Crippen molar-refractivity contribution in [3.8, 4) is 0 Å². The van der Waals surface area contributed by atoms with Crippen LogP contribution in [0.15, 0.2) is 10.2 Å². The molecule has 60 valence electrons. The zero-order chi connectivity index (χ0) is 8.41. The number of alkyl halides is 2. The van der Waals surface area contributed by atoms with Crippen LogP contribution in [0, 0.1) is 0 Å². The molecule has 0 fully saturated rings. The lowest BCUT2D eigenvalue weighted by Crippen LogP contribution is -2.20. The minimum Gasteiger partial charge on any atom is -0.282 e. The van der Waals surface area contributed by atoms with Gasteiger partial charge in [-0.15, -0.1) is 5.11 Å². The molecule has 0 bridgehead atoms. The Hall–Kier alpha value is 0.470. The summed E-state index contributed by atoms with van der Waals surface area (Å²) >= 11 is 5.16. The average Bonchev–Trinajstić information content (AvgIpc) is 1.61. The maximum Gasteiger partial charge on any atom is 0.314 e. The molecule has 5 nitrogen and oxygen atoms in total. The van der Waals surface area contributed by atoms with Crippen LogP contribution in [0.2, 0.25) is 0 Å². The molecule has 8 heteroatoms. The standard InChI is InChI=1S/C2H4Br2N2O3S/c1-5-6-2(3,4)10(7,8)9/h1H3,(H,7,8,9). The maximum absolute atomic E-state index is 10.4. The fourth-order valence-electron chi connectivity index (χ4n) is 0.168. The van der Waals surface area contributed by atoms with Crippen molar-refractivity contribution in [1.29, 1.82) is 0 Å². The Morgan fingerprint density at radius 3 is 2.00 bits per heavy atom. The highest BCUT2D eigenvalue weighted by Gasteiger charge is 2.37. The second-order valence-corrected chi connectivity index (χ2v) is 7.21. The molecule has 0 saturated carbocycles. The summed E-state index contributed by atoms with van der Waals surface area (Å²) in [6.45, 7) is 0. The van der Waals surface area contributed by atoms with Crippen molar-refractivity contribution in [2.75, 3.05) is 7.05 Å². The van der Waals surface area contributed by atoms with Crippen molar-refractivity contribution in [2.24, 2.45) is 10.2 Å². The first-order valence-corrected chi connectivity index (χ1v) is 4.99. The van der Waals surface area contributed by atoms with Gasteiger partial charge in [-0.1, -0.05) is 0 Å². The van der Waals surface area contributed by atoms with Crippen LogP contribution in [0.1, 0.15) is 0 Å². The summed E-state index contributed by atoms with van der Waals surface area (Å²) in [5, 5.41) is 6.31. The Morgan fingerprint density at radius 2 is 1.90 bits per heavy atom. The van der Waals surface area contributed by atoms with E-state index < -0.39 is 12.8 Å². The van der Waals surface area contributed by atoms with E-state index in [1.165, 1.54) is 7.05 Å². The molecule has 0 aliphatic rings. The molecule has 1 N–H and O–H groups in total. The lowest BCUT2D eigenvalue weighted by atomic mass is 11.4. The summed E-state index contributed by atoms with van der Waals surface area (Å²) in [5.74, 6) is 0. The summed E-state index contributed by atoms with van der Waals surface area (Å²) in [4.78, 5) is 0. The van der Waals surface area contributed by atoms with Crippen LogP contribution in [0.3, 0.4) is 0 Å². The van der Waals surface area contributed by atoms with Gasteiger partial charge in [-0.25, -0.2) is 0 Å². The first-order chi connectivity index (χ1) is 4.31. The van der Waals surface area contributed by atoms with Crippen molar-refractivity contribution < 1.29 is 13.0 Å². The quantitative estimate of drug-likeness (QED) is 0.361. The molecule has 10 heavy (non-hydrogen) atoms. The van der Waals surface area contributed by atoms with Crippen LogP contribution in [0.25, 0.3) is 0 Å². The second-order valence-electron chi connectivity index (χ2n) is 1.26.